The number of carbonyl (C=O) groups excluding carboxylic acids is 4. The summed E-state index contributed by atoms with van der Waals surface area (Å²) in [4.78, 5) is 48.6. The van der Waals surface area contributed by atoms with Crippen LogP contribution in [0.15, 0.2) is 42.4 Å². The first-order valence-corrected chi connectivity index (χ1v) is 9.01. The largest absolute Gasteiger partial charge is 0.493 e. The summed E-state index contributed by atoms with van der Waals surface area (Å²) in [6.07, 6.45) is 2.02. The number of rotatable bonds is 7. The molecule has 0 bridgehead atoms. The second kappa shape index (κ2) is 8.63. The molecule has 0 aliphatic carbocycles. The van der Waals surface area contributed by atoms with Crippen LogP contribution in [0, 0.1) is 0 Å². The van der Waals surface area contributed by atoms with Crippen LogP contribution in [0.1, 0.15) is 18.9 Å². The maximum absolute atomic E-state index is 12.7. The molecule has 0 aromatic heterocycles. The van der Waals surface area contributed by atoms with Crippen molar-refractivity contribution in [2.75, 3.05) is 19.8 Å². The molecule has 2 aliphatic rings. The molecule has 1 aromatic rings. The van der Waals surface area contributed by atoms with E-state index in [2.05, 4.69) is 10.7 Å². The van der Waals surface area contributed by atoms with Crippen molar-refractivity contribution < 1.29 is 33.4 Å². The Kier molecular flexibility index (Phi) is 6.01. The van der Waals surface area contributed by atoms with Crippen LogP contribution in [0.25, 0.3) is 0 Å². The second-order valence-corrected chi connectivity index (χ2v) is 6.70. The van der Waals surface area contributed by atoms with Crippen molar-refractivity contribution in [3.8, 4) is 0 Å². The van der Waals surface area contributed by atoms with Gasteiger partial charge in [-0.05, 0) is 25.3 Å². The summed E-state index contributed by atoms with van der Waals surface area (Å²) in [7, 11) is 0. The fourth-order valence-corrected chi connectivity index (χ4v) is 2.83. The Bertz CT molecular complexity index is 839. The Morgan fingerprint density at radius 3 is 2.69 bits per heavy atom. The lowest BCUT2D eigenvalue weighted by atomic mass is 9.93. The molecule has 1 saturated heterocycles. The van der Waals surface area contributed by atoms with Gasteiger partial charge in [-0.2, -0.15) is 5.01 Å². The van der Waals surface area contributed by atoms with E-state index in [0.29, 0.717) is 24.5 Å². The molecule has 10 heteroatoms. The number of carbonyl (C=O) groups is 4. The molecule has 0 spiro atoms. The SMILES string of the molecule is C[C@@]1(CCc2ccccc2)NC(=O)N(NC(=O)COC(=O)C2=COCCO2)C1=O. The van der Waals surface area contributed by atoms with E-state index in [4.69, 9.17) is 14.2 Å². The van der Waals surface area contributed by atoms with Gasteiger partial charge in [0.25, 0.3) is 11.8 Å². The predicted molar refractivity (Wildman–Crippen MR) is 97.6 cm³/mol. The highest BCUT2D eigenvalue weighted by Crippen LogP contribution is 2.22. The van der Waals surface area contributed by atoms with Gasteiger partial charge in [-0.25, -0.2) is 9.59 Å². The number of amides is 4. The number of imide groups is 1. The molecule has 2 heterocycles. The number of nitrogens with one attached hydrogen (secondary N) is 2. The zero-order chi connectivity index (χ0) is 20.9. The Balaban J connectivity index is 1.51. The third-order valence-electron chi connectivity index (χ3n) is 4.44. The van der Waals surface area contributed by atoms with E-state index in [1.807, 2.05) is 30.3 Å². The van der Waals surface area contributed by atoms with E-state index < -0.39 is 36.0 Å². The van der Waals surface area contributed by atoms with Crippen LogP contribution in [0.4, 0.5) is 4.79 Å². The van der Waals surface area contributed by atoms with E-state index >= 15 is 0 Å². The molecule has 0 radical (unpaired) electrons. The Morgan fingerprint density at radius 1 is 1.24 bits per heavy atom. The number of hydrogen-bond donors (Lipinski definition) is 2. The van der Waals surface area contributed by atoms with Crippen molar-refractivity contribution in [2.45, 2.75) is 25.3 Å². The highest BCUT2D eigenvalue weighted by atomic mass is 16.6. The maximum atomic E-state index is 12.7. The van der Waals surface area contributed by atoms with Crippen molar-refractivity contribution in [1.82, 2.24) is 15.8 Å². The molecule has 2 aliphatic heterocycles. The number of nitrogens with zero attached hydrogens (tertiary/aromatic N) is 1. The molecular weight excluding hydrogens is 382 g/mol. The summed E-state index contributed by atoms with van der Waals surface area (Å²) in [5.74, 6) is -2.48. The quantitative estimate of drug-likeness (QED) is 0.499. The fourth-order valence-electron chi connectivity index (χ4n) is 2.83. The molecule has 0 saturated carbocycles. The third kappa shape index (κ3) is 4.84. The summed E-state index contributed by atoms with van der Waals surface area (Å²) in [5.41, 5.74) is 2.02. The van der Waals surface area contributed by atoms with Crippen molar-refractivity contribution >= 4 is 23.8 Å². The van der Waals surface area contributed by atoms with Crippen molar-refractivity contribution in [3.05, 3.63) is 47.9 Å². The lowest BCUT2D eigenvalue weighted by Gasteiger charge is -2.21. The molecule has 2 N–H and O–H groups in total. The highest BCUT2D eigenvalue weighted by molar-refractivity contribution is 6.07. The Labute approximate surface area is 166 Å². The minimum atomic E-state index is -1.16. The summed E-state index contributed by atoms with van der Waals surface area (Å²) in [6.45, 7) is 1.40. The number of urea groups is 1. The first-order valence-electron chi connectivity index (χ1n) is 9.01. The van der Waals surface area contributed by atoms with Crippen molar-refractivity contribution in [2.24, 2.45) is 0 Å². The van der Waals surface area contributed by atoms with Crippen LogP contribution in [0.3, 0.4) is 0 Å². The Morgan fingerprint density at radius 2 is 2.00 bits per heavy atom. The summed E-state index contributed by atoms with van der Waals surface area (Å²) < 4.78 is 14.7. The monoisotopic (exact) mass is 403 g/mol. The molecule has 1 fully saturated rings. The lowest BCUT2D eigenvalue weighted by molar-refractivity contribution is -0.151. The van der Waals surface area contributed by atoms with Gasteiger partial charge in [-0.15, -0.1) is 0 Å². The molecular formula is C19H21N3O7. The van der Waals surface area contributed by atoms with Gasteiger partial charge in [-0.1, -0.05) is 30.3 Å². The van der Waals surface area contributed by atoms with Crippen LogP contribution in [0.5, 0.6) is 0 Å². The number of ether oxygens (including phenoxy) is 3. The van der Waals surface area contributed by atoms with E-state index in [1.54, 1.807) is 6.92 Å². The fraction of sp³-hybridized carbons (Fsp3) is 0.368. The van der Waals surface area contributed by atoms with Crippen LogP contribution in [-0.4, -0.2) is 54.2 Å². The molecule has 154 valence electrons. The molecule has 4 amide bonds. The second-order valence-electron chi connectivity index (χ2n) is 6.70. The maximum Gasteiger partial charge on any atom is 0.377 e. The van der Waals surface area contributed by atoms with Gasteiger partial charge >= 0.3 is 12.0 Å². The standard InChI is InChI=1S/C19H21N3O7/c1-19(8-7-13-5-3-2-4-6-13)17(25)22(18(26)20-19)21-15(23)12-29-16(24)14-11-27-9-10-28-14/h2-6,11H,7-10,12H2,1H3,(H,20,26)(H,21,23)/t19-/m0/s1. The summed E-state index contributed by atoms with van der Waals surface area (Å²) >= 11 is 0. The number of hydrogen-bond acceptors (Lipinski definition) is 7. The molecule has 1 atom stereocenters. The molecule has 3 rings (SSSR count). The minimum absolute atomic E-state index is 0.160. The number of aryl methyl sites for hydroxylation is 1. The number of hydrazine groups is 1. The molecule has 29 heavy (non-hydrogen) atoms. The van der Waals surface area contributed by atoms with Crippen LogP contribution >= 0.6 is 0 Å². The topological polar surface area (TPSA) is 123 Å². The number of benzene rings is 1. The van der Waals surface area contributed by atoms with Gasteiger partial charge in [-0.3, -0.25) is 15.0 Å². The smallest absolute Gasteiger partial charge is 0.377 e. The van der Waals surface area contributed by atoms with Gasteiger partial charge < -0.3 is 19.5 Å². The Hall–Kier alpha value is -3.56. The lowest BCUT2D eigenvalue weighted by Crippen LogP contribution is -2.50. The van der Waals surface area contributed by atoms with Crippen molar-refractivity contribution in [1.29, 1.82) is 0 Å². The van der Waals surface area contributed by atoms with Gasteiger partial charge in [0.05, 0.1) is 0 Å². The summed E-state index contributed by atoms with van der Waals surface area (Å²) in [6, 6.07) is 8.77. The third-order valence-corrected chi connectivity index (χ3v) is 4.44. The zero-order valence-electron chi connectivity index (χ0n) is 15.8. The van der Waals surface area contributed by atoms with E-state index in [0.717, 1.165) is 11.8 Å². The average molecular weight is 403 g/mol. The van der Waals surface area contributed by atoms with E-state index in [-0.39, 0.29) is 12.4 Å². The molecule has 0 unspecified atom stereocenters. The first kappa shape index (κ1) is 20.2. The van der Waals surface area contributed by atoms with E-state index in [1.165, 1.54) is 0 Å². The van der Waals surface area contributed by atoms with Crippen molar-refractivity contribution in [3.63, 3.8) is 0 Å². The van der Waals surface area contributed by atoms with Gasteiger partial charge in [0.1, 0.15) is 25.0 Å². The highest BCUT2D eigenvalue weighted by Gasteiger charge is 2.48. The van der Waals surface area contributed by atoms with Crippen LogP contribution < -0.4 is 10.7 Å². The summed E-state index contributed by atoms with van der Waals surface area (Å²) in [5, 5.41) is 3.19. The first-order chi connectivity index (χ1) is 13.9. The van der Waals surface area contributed by atoms with Gasteiger partial charge in [0, 0.05) is 0 Å². The van der Waals surface area contributed by atoms with E-state index in [9.17, 15) is 19.2 Å². The minimum Gasteiger partial charge on any atom is -0.493 e. The van der Waals surface area contributed by atoms with Gasteiger partial charge in [0.15, 0.2) is 6.61 Å². The number of esters is 1. The molecule has 1 aromatic carbocycles. The van der Waals surface area contributed by atoms with Crippen LogP contribution in [0.2, 0.25) is 0 Å². The zero-order valence-corrected chi connectivity index (χ0v) is 15.8. The molecule has 10 nitrogen and oxygen atoms in total. The average Bonchev–Trinajstić information content (AvgIpc) is 2.95. The van der Waals surface area contributed by atoms with Crippen LogP contribution in [-0.2, 0) is 35.0 Å². The predicted octanol–water partition coefficient (Wildman–Crippen LogP) is 0.392. The normalized spacial score (nSPS) is 20.9. The van der Waals surface area contributed by atoms with Gasteiger partial charge in [0.2, 0.25) is 5.76 Å².